The van der Waals surface area contributed by atoms with Crippen molar-refractivity contribution in [3.63, 3.8) is 0 Å². The molecule has 110 valence electrons. The van der Waals surface area contributed by atoms with Crippen LogP contribution in [0.4, 0.5) is 0 Å². The van der Waals surface area contributed by atoms with Crippen molar-refractivity contribution < 1.29 is 9.53 Å². The van der Waals surface area contributed by atoms with Crippen LogP contribution in [0.2, 0.25) is 10.0 Å². The predicted molar refractivity (Wildman–Crippen MR) is 82.6 cm³/mol. The molecule has 1 aromatic carbocycles. The highest BCUT2D eigenvalue weighted by Crippen LogP contribution is 2.34. The zero-order valence-corrected chi connectivity index (χ0v) is 13.3. The van der Waals surface area contributed by atoms with Gasteiger partial charge in [0.2, 0.25) is 0 Å². The quantitative estimate of drug-likeness (QED) is 0.743. The summed E-state index contributed by atoms with van der Waals surface area (Å²) >= 11 is 12.3. The third-order valence-electron chi connectivity index (χ3n) is 4.21. The lowest BCUT2D eigenvalue weighted by molar-refractivity contribution is -0.142. The smallest absolute Gasteiger partial charge is 0.169 e. The summed E-state index contributed by atoms with van der Waals surface area (Å²) in [6, 6.07) is 5.32. The fourth-order valence-electron chi connectivity index (χ4n) is 2.92. The van der Waals surface area contributed by atoms with Crippen LogP contribution in [0.3, 0.4) is 0 Å². The van der Waals surface area contributed by atoms with Gasteiger partial charge in [-0.3, -0.25) is 4.79 Å². The zero-order valence-electron chi connectivity index (χ0n) is 11.8. The molecule has 1 aromatic rings. The number of Topliss-reactive ketones (excluding diaryl/α,β-unsaturated/α-hetero) is 1. The van der Waals surface area contributed by atoms with Crippen molar-refractivity contribution >= 4 is 29.0 Å². The maximum absolute atomic E-state index is 12.7. The SMILES string of the molecule is COC1(C(=O)Cc2c(Cl)cccc2Cl)CCCCCC1. The molecule has 1 aliphatic rings. The van der Waals surface area contributed by atoms with Crippen LogP contribution in [0.25, 0.3) is 0 Å². The van der Waals surface area contributed by atoms with Crippen molar-refractivity contribution in [1.82, 2.24) is 0 Å². The Labute approximate surface area is 130 Å². The van der Waals surface area contributed by atoms with Gasteiger partial charge in [-0.15, -0.1) is 0 Å². The number of carbonyl (C=O) groups is 1. The molecule has 0 radical (unpaired) electrons. The maximum Gasteiger partial charge on any atom is 0.169 e. The molecule has 20 heavy (non-hydrogen) atoms. The summed E-state index contributed by atoms with van der Waals surface area (Å²) in [4.78, 5) is 12.7. The molecule has 0 heterocycles. The second-order valence-corrected chi connectivity index (χ2v) is 6.23. The van der Waals surface area contributed by atoms with Crippen molar-refractivity contribution in [2.45, 2.75) is 50.5 Å². The first-order valence-electron chi connectivity index (χ1n) is 7.10. The van der Waals surface area contributed by atoms with Gasteiger partial charge >= 0.3 is 0 Å². The van der Waals surface area contributed by atoms with Crippen molar-refractivity contribution in [3.05, 3.63) is 33.8 Å². The average molecular weight is 315 g/mol. The van der Waals surface area contributed by atoms with E-state index in [-0.39, 0.29) is 12.2 Å². The summed E-state index contributed by atoms with van der Waals surface area (Å²) in [7, 11) is 1.64. The van der Waals surface area contributed by atoms with E-state index >= 15 is 0 Å². The molecule has 0 N–H and O–H groups in total. The van der Waals surface area contributed by atoms with Gasteiger partial charge in [0.05, 0.1) is 0 Å². The Bertz CT molecular complexity index is 457. The Hall–Kier alpha value is -0.570. The number of hydrogen-bond acceptors (Lipinski definition) is 2. The van der Waals surface area contributed by atoms with E-state index < -0.39 is 5.60 Å². The number of ether oxygens (including phenoxy) is 1. The predicted octanol–water partition coefficient (Wildman–Crippen LogP) is 4.84. The zero-order chi connectivity index (χ0) is 14.6. The van der Waals surface area contributed by atoms with Gasteiger partial charge in [0.1, 0.15) is 5.60 Å². The lowest BCUT2D eigenvalue weighted by Gasteiger charge is -2.30. The van der Waals surface area contributed by atoms with Gasteiger partial charge in [-0.2, -0.15) is 0 Å². The Kier molecular flexibility index (Phi) is 5.48. The molecule has 0 amide bonds. The van der Waals surface area contributed by atoms with Crippen LogP contribution in [0.15, 0.2) is 18.2 Å². The molecule has 0 aromatic heterocycles. The monoisotopic (exact) mass is 314 g/mol. The Morgan fingerprint density at radius 2 is 1.70 bits per heavy atom. The summed E-state index contributed by atoms with van der Waals surface area (Å²) in [5.41, 5.74) is 0.0560. The summed E-state index contributed by atoms with van der Waals surface area (Å²) in [5, 5.41) is 1.09. The van der Waals surface area contributed by atoms with Crippen LogP contribution in [0.1, 0.15) is 44.1 Å². The molecule has 1 aliphatic carbocycles. The van der Waals surface area contributed by atoms with E-state index in [0.29, 0.717) is 15.6 Å². The minimum atomic E-state index is -0.654. The molecule has 0 atom stereocenters. The highest BCUT2D eigenvalue weighted by atomic mass is 35.5. The van der Waals surface area contributed by atoms with E-state index in [9.17, 15) is 4.79 Å². The van der Waals surface area contributed by atoms with Crippen molar-refractivity contribution in [1.29, 1.82) is 0 Å². The fraction of sp³-hybridized carbons (Fsp3) is 0.562. The molecule has 0 aliphatic heterocycles. The Morgan fingerprint density at radius 3 is 2.20 bits per heavy atom. The summed E-state index contributed by atoms with van der Waals surface area (Å²) in [5.74, 6) is 0.0944. The molecular formula is C16H20Cl2O2. The molecule has 1 saturated carbocycles. The largest absolute Gasteiger partial charge is 0.370 e. The molecule has 0 bridgehead atoms. The van der Waals surface area contributed by atoms with Crippen LogP contribution in [0, 0.1) is 0 Å². The van der Waals surface area contributed by atoms with Crippen LogP contribution < -0.4 is 0 Å². The van der Waals surface area contributed by atoms with Crippen molar-refractivity contribution in [3.8, 4) is 0 Å². The third-order valence-corrected chi connectivity index (χ3v) is 4.92. The van der Waals surface area contributed by atoms with Gasteiger partial charge in [0.15, 0.2) is 5.78 Å². The van der Waals surface area contributed by atoms with Crippen molar-refractivity contribution in [2.75, 3.05) is 7.11 Å². The number of methoxy groups -OCH3 is 1. The topological polar surface area (TPSA) is 26.3 Å². The molecule has 1 fully saturated rings. The summed E-state index contributed by atoms with van der Waals surface area (Å²) in [6.45, 7) is 0. The van der Waals surface area contributed by atoms with Gasteiger partial charge in [0, 0.05) is 23.6 Å². The lowest BCUT2D eigenvalue weighted by Crippen LogP contribution is -2.41. The minimum absolute atomic E-state index is 0.0944. The number of halogens is 2. The van der Waals surface area contributed by atoms with Crippen LogP contribution in [-0.2, 0) is 16.0 Å². The Balaban J connectivity index is 2.21. The molecule has 0 spiro atoms. The maximum atomic E-state index is 12.7. The Morgan fingerprint density at radius 1 is 1.15 bits per heavy atom. The van der Waals surface area contributed by atoms with E-state index in [0.717, 1.165) is 25.7 Å². The van der Waals surface area contributed by atoms with E-state index in [2.05, 4.69) is 0 Å². The first kappa shape index (κ1) is 15.8. The minimum Gasteiger partial charge on any atom is -0.370 e. The van der Waals surface area contributed by atoms with E-state index in [1.165, 1.54) is 12.8 Å². The fourth-order valence-corrected chi connectivity index (χ4v) is 3.45. The number of benzene rings is 1. The second kappa shape index (κ2) is 6.93. The highest BCUT2D eigenvalue weighted by Gasteiger charge is 2.38. The van der Waals surface area contributed by atoms with Crippen LogP contribution in [-0.4, -0.2) is 18.5 Å². The van der Waals surface area contributed by atoms with Gasteiger partial charge in [0.25, 0.3) is 0 Å². The second-order valence-electron chi connectivity index (χ2n) is 5.41. The van der Waals surface area contributed by atoms with E-state index in [1.54, 1.807) is 25.3 Å². The first-order valence-corrected chi connectivity index (χ1v) is 7.86. The molecule has 2 nitrogen and oxygen atoms in total. The molecule has 0 saturated heterocycles. The summed E-state index contributed by atoms with van der Waals surface area (Å²) < 4.78 is 5.64. The highest BCUT2D eigenvalue weighted by molar-refractivity contribution is 6.36. The summed E-state index contributed by atoms with van der Waals surface area (Å²) in [6.07, 6.45) is 6.25. The van der Waals surface area contributed by atoms with Crippen LogP contribution >= 0.6 is 23.2 Å². The van der Waals surface area contributed by atoms with Crippen LogP contribution in [0.5, 0.6) is 0 Å². The van der Waals surface area contributed by atoms with Gasteiger partial charge in [-0.05, 0) is 30.5 Å². The first-order chi connectivity index (χ1) is 9.59. The van der Waals surface area contributed by atoms with Gasteiger partial charge in [-0.1, -0.05) is 55.0 Å². The molecule has 0 unspecified atom stereocenters. The normalized spacial score (nSPS) is 18.6. The number of rotatable bonds is 4. The molecular weight excluding hydrogens is 295 g/mol. The number of hydrogen-bond donors (Lipinski definition) is 0. The van der Waals surface area contributed by atoms with Crippen molar-refractivity contribution in [2.24, 2.45) is 0 Å². The van der Waals surface area contributed by atoms with E-state index in [1.807, 2.05) is 0 Å². The molecule has 4 heteroatoms. The standard InChI is InChI=1S/C16H20Cl2O2/c1-20-16(9-4-2-3-5-10-16)15(19)11-12-13(17)7-6-8-14(12)18/h6-8H,2-5,9-11H2,1H3. The number of ketones is 1. The van der Waals surface area contributed by atoms with Gasteiger partial charge < -0.3 is 4.74 Å². The molecule has 2 rings (SSSR count). The number of carbonyl (C=O) groups excluding carboxylic acids is 1. The lowest BCUT2D eigenvalue weighted by atomic mass is 9.86. The third kappa shape index (κ3) is 3.36. The van der Waals surface area contributed by atoms with E-state index in [4.69, 9.17) is 27.9 Å². The average Bonchev–Trinajstić information content (AvgIpc) is 2.69. The van der Waals surface area contributed by atoms with Gasteiger partial charge in [-0.25, -0.2) is 0 Å².